The van der Waals surface area contributed by atoms with Crippen molar-refractivity contribution in [2.75, 3.05) is 18.5 Å². The summed E-state index contributed by atoms with van der Waals surface area (Å²) in [7, 11) is 0. The third-order valence-electron chi connectivity index (χ3n) is 11.7. The van der Waals surface area contributed by atoms with E-state index in [0.717, 1.165) is 77.6 Å². The van der Waals surface area contributed by atoms with Crippen molar-refractivity contribution in [1.29, 1.82) is 5.26 Å². The molecule has 0 aromatic heterocycles. The Morgan fingerprint density at radius 1 is 0.986 bits per heavy atom. The molecule has 1 aliphatic carbocycles. The molecule has 402 valence electrons. The van der Waals surface area contributed by atoms with Gasteiger partial charge in [-0.1, -0.05) is 121 Å². The Bertz CT molecular complexity index is 2440. The predicted octanol–water partition coefficient (Wildman–Crippen LogP) is 13.9. The largest absolute Gasteiger partial charge is 2.00 e. The summed E-state index contributed by atoms with van der Waals surface area (Å²) in [6.07, 6.45) is 10.7. The number of amides is 3. The Morgan fingerprint density at radius 3 is 2.09 bits per heavy atom. The predicted molar refractivity (Wildman–Crippen MR) is 305 cm³/mol. The molecule has 12 nitrogen and oxygen atoms in total. The fourth-order valence-corrected chi connectivity index (χ4v) is 6.97. The van der Waals surface area contributed by atoms with Gasteiger partial charge in [0, 0.05) is 53.1 Å². The van der Waals surface area contributed by atoms with Crippen molar-refractivity contribution >= 4 is 29.2 Å². The van der Waals surface area contributed by atoms with E-state index in [-0.39, 0.29) is 81.1 Å². The normalized spacial score (nSPS) is 14.8. The average molecular weight is 1240 g/mol. The summed E-state index contributed by atoms with van der Waals surface area (Å²) in [6, 6.07) is 22.2. The van der Waals surface area contributed by atoms with Crippen LogP contribution in [-0.2, 0) is 10.2 Å². The van der Waals surface area contributed by atoms with Crippen LogP contribution in [0.1, 0.15) is 179 Å². The third-order valence-corrected chi connectivity index (χ3v) is 11.7. The van der Waals surface area contributed by atoms with Crippen LogP contribution in [0.15, 0.2) is 120 Å². The molecule has 74 heavy (non-hydrogen) atoms. The summed E-state index contributed by atoms with van der Waals surface area (Å²) in [6.45, 7) is 37.5. The zero-order valence-corrected chi connectivity index (χ0v) is 50.5. The summed E-state index contributed by atoms with van der Waals surface area (Å²) >= 11 is 0. The van der Waals surface area contributed by atoms with Crippen LogP contribution in [0.2, 0.25) is 0 Å². The summed E-state index contributed by atoms with van der Waals surface area (Å²) in [5.74, 6) is 2.24. The Kier molecular flexibility index (Phi) is 33.6. The third kappa shape index (κ3) is 21.6. The van der Waals surface area contributed by atoms with Gasteiger partial charge in [0.15, 0.2) is 0 Å². The Hall–Kier alpha value is -5.82. The first-order chi connectivity index (χ1) is 33.7. The first-order valence-electron chi connectivity index (χ1n) is 25.1. The van der Waals surface area contributed by atoms with Gasteiger partial charge >= 0.3 is 31.1 Å². The minimum Gasteiger partial charge on any atom is -0.518 e. The van der Waals surface area contributed by atoms with E-state index in [2.05, 4.69) is 102 Å². The van der Waals surface area contributed by atoms with Crippen molar-refractivity contribution in [2.45, 2.75) is 153 Å². The molecule has 0 radical (unpaired) electrons. The molecule has 3 aliphatic rings. The van der Waals surface area contributed by atoms with Gasteiger partial charge in [-0.3, -0.25) is 19.3 Å². The number of nitriles is 1. The Morgan fingerprint density at radius 2 is 1.58 bits per heavy atom. The molecular formula is C61H89N7O5U. The van der Waals surface area contributed by atoms with Crippen molar-refractivity contribution < 1.29 is 55.0 Å². The van der Waals surface area contributed by atoms with Gasteiger partial charge in [0.25, 0.3) is 11.8 Å². The van der Waals surface area contributed by atoms with E-state index in [4.69, 9.17) is 15.2 Å². The number of amidine groups is 1. The van der Waals surface area contributed by atoms with Crippen molar-refractivity contribution in [2.24, 2.45) is 28.3 Å². The SMILES string of the molecule is C.C=C(/C=C\N=C(N)C(C)CC)COc1ccc(C(C)(C)c2c[c-]c(OCCC)c(C#N)c2)cc1.C=C1CCC(N2C(=O)c3ccc(NC(C)=C4CCC4)cc3C2=O)C(=C)N1.CC.CC(C)C.CCC(N)=O.[CH3-].[U+2]. The molecular weight excluding hydrogens is 1150 g/mol. The van der Waals surface area contributed by atoms with Crippen LogP contribution in [0.3, 0.4) is 0 Å². The number of nitrogens with one attached hydrogen (secondary N) is 2. The van der Waals surface area contributed by atoms with Crippen LogP contribution in [0.5, 0.6) is 11.5 Å². The Balaban J connectivity index is 0. The number of imide groups is 1. The van der Waals surface area contributed by atoms with Gasteiger partial charge in [-0.15, -0.1) is 17.7 Å². The van der Waals surface area contributed by atoms with Crippen LogP contribution >= 0.6 is 0 Å². The van der Waals surface area contributed by atoms with Gasteiger partial charge < -0.3 is 39.0 Å². The second kappa shape index (κ2) is 35.4. The topological polar surface area (TPSA) is 185 Å². The molecule has 1 saturated heterocycles. The quantitative estimate of drug-likeness (QED) is 0.0356. The minimum atomic E-state index is -0.330. The fourth-order valence-electron chi connectivity index (χ4n) is 6.97. The summed E-state index contributed by atoms with van der Waals surface area (Å²) < 4.78 is 11.5. The van der Waals surface area contributed by atoms with Crippen molar-refractivity contribution in [1.82, 2.24) is 10.2 Å². The number of rotatable bonds is 16. The molecule has 3 aromatic rings. The number of anilines is 1. The van der Waals surface area contributed by atoms with Crippen LogP contribution < -0.4 is 31.6 Å². The minimum absolute atomic E-state index is 0. The number of piperidine rings is 1. The zero-order valence-electron chi connectivity index (χ0n) is 46.3. The van der Waals surface area contributed by atoms with Gasteiger partial charge in [0.2, 0.25) is 5.91 Å². The van der Waals surface area contributed by atoms with Gasteiger partial charge in [0.1, 0.15) is 18.2 Å². The molecule has 2 heterocycles. The number of hydrogen-bond acceptors (Lipinski definition) is 9. The van der Waals surface area contributed by atoms with E-state index < -0.39 is 0 Å². The molecule has 6 rings (SSSR count). The van der Waals surface area contributed by atoms with E-state index in [0.29, 0.717) is 60.0 Å². The molecule has 2 unspecified atom stereocenters. The standard InChI is InChI=1S/C29H36N3O2.C21H23N3O2.C4H10.C3H7NO.C2H6.CH4.CH3.U/c1-7-17-33-27-14-11-25(18-23(27)19-30)29(5,6)24-9-12-26(13-10-24)34-20-21(3)15-16-32-28(31)22(4)8-2;1-12-7-10-19(14(3)22-12)24-20(25)17-9-8-16(11-18(17)21(24)26)23-13(2)15-5-4-6-15;1-4(2)3;1-2-3(4)5;1-2;;;/h9-13,15-16,18,22H,3,7-8,17,20H2,1-2,4-6H3,(H2,31,32);8-9,11,19,22-23H,1,3-7,10H2,2H3;4H,1-3H3;2H2,1H3,(H2,4,5);1-2H3;1H4;1H3;/q-1;;;;;;-1;+2/b16-15-;;;;;;;. The monoisotopic (exact) mass is 1240 g/mol. The first kappa shape index (κ1) is 70.3. The van der Waals surface area contributed by atoms with Gasteiger partial charge in [-0.05, 0) is 116 Å². The molecule has 3 aromatic carbocycles. The molecule has 6 N–H and O–H groups in total. The van der Waals surface area contributed by atoms with Crippen LogP contribution in [-0.4, -0.2) is 47.7 Å². The summed E-state index contributed by atoms with van der Waals surface area (Å²) in [4.78, 5) is 40.9. The zero-order chi connectivity index (χ0) is 53.4. The maximum atomic E-state index is 12.9. The van der Waals surface area contributed by atoms with E-state index in [1.54, 1.807) is 25.3 Å². The second-order valence-corrected chi connectivity index (χ2v) is 18.7. The summed E-state index contributed by atoms with van der Waals surface area (Å²) in [5.41, 5.74) is 19.5. The van der Waals surface area contributed by atoms with Gasteiger partial charge in [-0.2, -0.15) is 6.07 Å². The molecule has 0 spiro atoms. The van der Waals surface area contributed by atoms with Crippen molar-refractivity contribution in [3.05, 3.63) is 156 Å². The molecule has 13 heteroatoms. The Labute approximate surface area is 470 Å². The number of ether oxygens (including phenoxy) is 2. The maximum absolute atomic E-state index is 12.9. The number of fused-ring (bicyclic) bond motifs is 1. The van der Waals surface area contributed by atoms with E-state index in [1.807, 2.05) is 76.2 Å². The number of nitrogens with two attached hydrogens (primary N) is 2. The molecule has 0 bridgehead atoms. The average Bonchev–Trinajstić information content (AvgIpc) is 3.57. The van der Waals surface area contributed by atoms with Crippen LogP contribution in [0, 0.1) is 67.8 Å². The van der Waals surface area contributed by atoms with Crippen molar-refractivity contribution in [3.63, 3.8) is 0 Å². The fraction of sp³-hybridized carbons (Fsp3) is 0.443. The van der Waals surface area contributed by atoms with Gasteiger partial charge in [-0.25, -0.2) is 10.3 Å². The summed E-state index contributed by atoms with van der Waals surface area (Å²) in [5, 5.41) is 16.0. The van der Waals surface area contributed by atoms with Crippen LogP contribution in [0.25, 0.3) is 0 Å². The van der Waals surface area contributed by atoms with Crippen LogP contribution in [0.4, 0.5) is 5.69 Å². The first-order valence-corrected chi connectivity index (χ1v) is 25.1. The number of aliphatic imine (C=N–C) groups is 1. The number of benzene rings is 3. The maximum Gasteiger partial charge on any atom is 2.00 e. The van der Waals surface area contributed by atoms with Crippen molar-refractivity contribution in [3.8, 4) is 17.6 Å². The molecule has 3 amide bonds. The number of nitrogens with zero attached hydrogens (tertiary/aromatic N) is 3. The van der Waals surface area contributed by atoms with E-state index in [9.17, 15) is 19.6 Å². The molecule has 2 atom stereocenters. The number of primary amides is 1. The van der Waals surface area contributed by atoms with E-state index in [1.165, 1.54) is 16.9 Å². The number of carbonyl (C=O) groups excluding carboxylic acids is 3. The second-order valence-electron chi connectivity index (χ2n) is 18.7. The molecule has 1 saturated carbocycles. The molecule has 2 fully saturated rings. The number of hydrogen-bond donors (Lipinski definition) is 4. The number of allylic oxidation sites excluding steroid dienone is 3. The number of carbonyl (C=O) groups is 3. The van der Waals surface area contributed by atoms with Gasteiger partial charge in [0.05, 0.1) is 23.8 Å². The van der Waals surface area contributed by atoms with E-state index >= 15 is 0 Å². The molecule has 2 aliphatic heterocycles. The smallest absolute Gasteiger partial charge is 0.518 e.